The van der Waals surface area contributed by atoms with Crippen LogP contribution >= 0.6 is 0 Å². The zero-order valence-electron chi connectivity index (χ0n) is 18.8. The molecule has 1 unspecified atom stereocenters. The molecular weight excluding hydrogens is 420 g/mol. The summed E-state index contributed by atoms with van der Waals surface area (Å²) in [6.07, 6.45) is 3.01. The van der Waals surface area contributed by atoms with Gasteiger partial charge in [0.15, 0.2) is 6.10 Å². The van der Waals surface area contributed by atoms with E-state index >= 15 is 0 Å². The van der Waals surface area contributed by atoms with E-state index in [4.69, 9.17) is 9.72 Å². The Morgan fingerprint density at radius 1 is 1.09 bits per heavy atom. The Labute approximate surface area is 191 Å². The number of carbonyl (C=O) groups excluding carboxylic acids is 2. The quantitative estimate of drug-likeness (QED) is 0.604. The SMILES string of the molecule is CN(C)C(=O)C1CN(C(=O)c2ccc3c(=O)n4c(nc3c2)CCCCC4)c2ccccc2O1. The Hall–Kier alpha value is -3.68. The lowest BCUT2D eigenvalue weighted by Crippen LogP contribution is -2.50. The molecule has 5 rings (SSSR count). The van der Waals surface area contributed by atoms with Crippen molar-refractivity contribution in [1.29, 1.82) is 0 Å². The summed E-state index contributed by atoms with van der Waals surface area (Å²) in [6.45, 7) is 0.787. The molecule has 3 heterocycles. The number of aromatic nitrogens is 2. The van der Waals surface area contributed by atoms with Crippen LogP contribution in [0.3, 0.4) is 0 Å². The third-order valence-corrected chi connectivity index (χ3v) is 6.30. The van der Waals surface area contributed by atoms with E-state index in [9.17, 15) is 14.4 Å². The van der Waals surface area contributed by atoms with Crippen molar-refractivity contribution in [2.75, 3.05) is 25.5 Å². The van der Waals surface area contributed by atoms with Gasteiger partial charge in [-0.1, -0.05) is 18.6 Å². The summed E-state index contributed by atoms with van der Waals surface area (Å²) in [7, 11) is 3.32. The Morgan fingerprint density at radius 3 is 2.73 bits per heavy atom. The van der Waals surface area contributed by atoms with Crippen LogP contribution in [0.2, 0.25) is 0 Å². The van der Waals surface area contributed by atoms with Crippen LogP contribution < -0.4 is 15.2 Å². The van der Waals surface area contributed by atoms with Crippen LogP contribution in [0.1, 0.15) is 35.4 Å². The number of likely N-dealkylation sites (N-methyl/N-ethyl adjacent to an activating group) is 1. The van der Waals surface area contributed by atoms with Crippen molar-refractivity contribution in [3.05, 3.63) is 64.2 Å². The fourth-order valence-electron chi connectivity index (χ4n) is 4.55. The first-order valence-electron chi connectivity index (χ1n) is 11.3. The molecular formula is C25H26N4O4. The van der Waals surface area contributed by atoms with Gasteiger partial charge in [-0.2, -0.15) is 0 Å². The highest BCUT2D eigenvalue weighted by atomic mass is 16.5. The molecule has 2 aromatic carbocycles. The molecule has 0 aliphatic carbocycles. The number of fused-ring (bicyclic) bond motifs is 3. The van der Waals surface area contributed by atoms with Crippen LogP contribution in [0.25, 0.3) is 10.9 Å². The normalized spacial score (nSPS) is 17.5. The van der Waals surface area contributed by atoms with Gasteiger partial charge in [-0.25, -0.2) is 4.98 Å². The van der Waals surface area contributed by atoms with Gasteiger partial charge in [0.2, 0.25) is 0 Å². The van der Waals surface area contributed by atoms with E-state index in [1.807, 2.05) is 12.1 Å². The van der Waals surface area contributed by atoms with Crippen molar-refractivity contribution in [3.8, 4) is 5.75 Å². The summed E-state index contributed by atoms with van der Waals surface area (Å²) >= 11 is 0. The summed E-state index contributed by atoms with van der Waals surface area (Å²) in [6, 6.07) is 12.2. The average Bonchev–Trinajstić information content (AvgIpc) is 3.08. The fraction of sp³-hybridized carbons (Fsp3) is 0.360. The zero-order valence-corrected chi connectivity index (χ0v) is 18.8. The standard InChI is InChI=1S/C25H26N4O4/c1-27(2)25(32)21-15-29(19-8-5-6-9-20(19)33-21)23(30)16-11-12-17-18(14-16)26-22-10-4-3-7-13-28(22)24(17)31/h5-6,8-9,11-12,14,21H,3-4,7,10,13,15H2,1-2H3. The summed E-state index contributed by atoms with van der Waals surface area (Å²) in [5.74, 6) is 0.794. The minimum Gasteiger partial charge on any atom is -0.476 e. The van der Waals surface area contributed by atoms with E-state index in [1.54, 1.807) is 53.9 Å². The van der Waals surface area contributed by atoms with Gasteiger partial charge in [0, 0.05) is 32.6 Å². The van der Waals surface area contributed by atoms with Gasteiger partial charge in [-0.3, -0.25) is 19.0 Å². The molecule has 8 heteroatoms. The molecule has 2 amide bonds. The van der Waals surface area contributed by atoms with Gasteiger partial charge in [0.25, 0.3) is 17.4 Å². The van der Waals surface area contributed by atoms with Crippen LogP contribution in [0.4, 0.5) is 5.69 Å². The van der Waals surface area contributed by atoms with Crippen LogP contribution in [0, 0.1) is 0 Å². The molecule has 0 spiro atoms. The number of anilines is 1. The second-order valence-electron chi connectivity index (χ2n) is 8.75. The largest absolute Gasteiger partial charge is 0.476 e. The Morgan fingerprint density at radius 2 is 1.91 bits per heavy atom. The van der Waals surface area contributed by atoms with E-state index in [-0.39, 0.29) is 23.9 Å². The minimum absolute atomic E-state index is 0.0516. The molecule has 0 saturated heterocycles. The van der Waals surface area contributed by atoms with Crippen molar-refractivity contribution in [1.82, 2.24) is 14.5 Å². The highest BCUT2D eigenvalue weighted by Crippen LogP contribution is 2.34. The van der Waals surface area contributed by atoms with Crippen molar-refractivity contribution >= 4 is 28.4 Å². The maximum absolute atomic E-state index is 13.6. The van der Waals surface area contributed by atoms with Gasteiger partial charge in [-0.15, -0.1) is 0 Å². The van der Waals surface area contributed by atoms with Gasteiger partial charge in [0.1, 0.15) is 11.6 Å². The topological polar surface area (TPSA) is 84.7 Å². The number of hydrogen-bond donors (Lipinski definition) is 0. The highest BCUT2D eigenvalue weighted by molar-refractivity contribution is 6.09. The third-order valence-electron chi connectivity index (χ3n) is 6.30. The summed E-state index contributed by atoms with van der Waals surface area (Å²) < 4.78 is 7.66. The third kappa shape index (κ3) is 3.75. The lowest BCUT2D eigenvalue weighted by Gasteiger charge is -2.35. The molecule has 0 N–H and O–H groups in total. The van der Waals surface area contributed by atoms with Crippen molar-refractivity contribution < 1.29 is 14.3 Å². The number of nitrogens with zero attached hydrogens (tertiary/aromatic N) is 4. The van der Waals surface area contributed by atoms with E-state index in [1.165, 1.54) is 4.90 Å². The first-order valence-corrected chi connectivity index (χ1v) is 11.3. The monoisotopic (exact) mass is 446 g/mol. The summed E-state index contributed by atoms with van der Waals surface area (Å²) in [5, 5.41) is 0.514. The number of aryl methyl sites for hydroxylation is 1. The van der Waals surface area contributed by atoms with Crippen LogP contribution in [-0.4, -0.2) is 53.0 Å². The molecule has 3 aromatic rings. The van der Waals surface area contributed by atoms with Gasteiger partial charge < -0.3 is 14.5 Å². The summed E-state index contributed by atoms with van der Waals surface area (Å²) in [4.78, 5) is 47.0. The lowest BCUT2D eigenvalue weighted by molar-refractivity contribution is -0.135. The van der Waals surface area contributed by atoms with Crippen molar-refractivity contribution in [3.63, 3.8) is 0 Å². The predicted octanol–water partition coefficient (Wildman–Crippen LogP) is 2.62. The van der Waals surface area contributed by atoms with Gasteiger partial charge >= 0.3 is 0 Å². The molecule has 1 aromatic heterocycles. The molecule has 0 bridgehead atoms. The smallest absolute Gasteiger partial charge is 0.265 e. The van der Waals surface area contributed by atoms with Gasteiger partial charge in [0.05, 0.1) is 23.1 Å². The first kappa shape index (κ1) is 21.2. The van der Waals surface area contributed by atoms with E-state index in [2.05, 4.69) is 0 Å². The van der Waals surface area contributed by atoms with E-state index in [0.717, 1.165) is 31.5 Å². The molecule has 33 heavy (non-hydrogen) atoms. The zero-order chi connectivity index (χ0) is 23.1. The van der Waals surface area contributed by atoms with Crippen molar-refractivity contribution in [2.45, 2.75) is 38.3 Å². The second kappa shape index (κ2) is 8.35. The Balaban J connectivity index is 1.55. The minimum atomic E-state index is -0.794. The number of benzene rings is 2. The van der Waals surface area contributed by atoms with Crippen LogP contribution in [0.5, 0.6) is 5.75 Å². The maximum atomic E-state index is 13.6. The number of carbonyl (C=O) groups is 2. The van der Waals surface area contributed by atoms with E-state index in [0.29, 0.717) is 34.4 Å². The molecule has 2 aliphatic rings. The fourth-order valence-corrected chi connectivity index (χ4v) is 4.55. The number of hydrogen-bond acceptors (Lipinski definition) is 5. The maximum Gasteiger partial charge on any atom is 0.265 e. The molecule has 2 aliphatic heterocycles. The van der Waals surface area contributed by atoms with Crippen LogP contribution in [0.15, 0.2) is 47.3 Å². The number of para-hydroxylation sites is 2. The molecule has 0 saturated carbocycles. The molecule has 0 fully saturated rings. The number of ether oxygens (including phenoxy) is 1. The van der Waals surface area contributed by atoms with Crippen molar-refractivity contribution in [2.24, 2.45) is 0 Å². The molecule has 0 radical (unpaired) electrons. The number of rotatable bonds is 2. The molecule has 1 atom stereocenters. The lowest BCUT2D eigenvalue weighted by atomic mass is 10.1. The Kier molecular flexibility index (Phi) is 5.36. The van der Waals surface area contributed by atoms with Gasteiger partial charge in [-0.05, 0) is 43.2 Å². The Bertz CT molecular complexity index is 1310. The summed E-state index contributed by atoms with van der Waals surface area (Å²) in [5.41, 5.74) is 1.51. The molecule has 170 valence electrons. The average molecular weight is 447 g/mol. The highest BCUT2D eigenvalue weighted by Gasteiger charge is 2.35. The second-order valence-corrected chi connectivity index (χ2v) is 8.75. The molecule has 8 nitrogen and oxygen atoms in total. The van der Waals surface area contributed by atoms with Crippen LogP contribution in [-0.2, 0) is 17.8 Å². The predicted molar refractivity (Wildman–Crippen MR) is 125 cm³/mol. The first-order chi connectivity index (χ1) is 15.9. The van der Waals surface area contributed by atoms with E-state index < -0.39 is 6.10 Å². The number of amides is 2.